The van der Waals surface area contributed by atoms with Crippen LogP contribution in [0.25, 0.3) is 0 Å². The second-order valence-corrected chi connectivity index (χ2v) is 3.88. The van der Waals surface area contributed by atoms with Gasteiger partial charge in [-0.3, -0.25) is 14.5 Å². The van der Waals surface area contributed by atoms with Crippen LogP contribution in [0.4, 0.5) is 0 Å². The summed E-state index contributed by atoms with van der Waals surface area (Å²) < 4.78 is 0. The first-order valence-corrected chi connectivity index (χ1v) is 4.99. The predicted octanol–water partition coefficient (Wildman–Crippen LogP) is -1.39. The number of carboxylic acids is 1. The lowest BCUT2D eigenvalue weighted by Gasteiger charge is -2.19. The molecule has 4 N–H and O–H groups in total. The van der Waals surface area contributed by atoms with Crippen LogP contribution < -0.4 is 11.1 Å². The highest BCUT2D eigenvalue weighted by Gasteiger charge is 2.41. The number of carbonyl (C=O) groups is 2. The van der Waals surface area contributed by atoms with Crippen LogP contribution in [0.15, 0.2) is 0 Å². The molecule has 86 valence electrons. The molecule has 0 aliphatic carbocycles. The van der Waals surface area contributed by atoms with Crippen LogP contribution in [0.1, 0.15) is 13.3 Å². The van der Waals surface area contributed by atoms with Gasteiger partial charge in [-0.15, -0.1) is 0 Å². The summed E-state index contributed by atoms with van der Waals surface area (Å²) in [4.78, 5) is 23.8. The number of nitrogens with zero attached hydrogens (tertiary/aromatic N) is 1. The summed E-state index contributed by atoms with van der Waals surface area (Å²) in [6.07, 6.45) is 0.391. The molecule has 1 fully saturated rings. The van der Waals surface area contributed by atoms with Crippen molar-refractivity contribution in [1.29, 1.82) is 0 Å². The van der Waals surface area contributed by atoms with Crippen LogP contribution in [0.3, 0.4) is 0 Å². The third kappa shape index (κ3) is 2.90. The number of amides is 1. The summed E-state index contributed by atoms with van der Waals surface area (Å²) in [6.45, 7) is 3.44. The molecular formula is C9H17N3O3. The fourth-order valence-corrected chi connectivity index (χ4v) is 1.68. The second-order valence-electron chi connectivity index (χ2n) is 3.88. The summed E-state index contributed by atoms with van der Waals surface area (Å²) in [5, 5.41) is 11.5. The van der Waals surface area contributed by atoms with Gasteiger partial charge in [0.25, 0.3) is 0 Å². The molecule has 0 aromatic heterocycles. The molecule has 0 aromatic carbocycles. The summed E-state index contributed by atoms with van der Waals surface area (Å²) in [7, 11) is 0. The van der Waals surface area contributed by atoms with E-state index in [1.807, 2.05) is 6.92 Å². The Morgan fingerprint density at radius 1 is 1.60 bits per heavy atom. The number of hydrogen-bond acceptors (Lipinski definition) is 4. The van der Waals surface area contributed by atoms with E-state index in [1.54, 1.807) is 4.90 Å². The lowest BCUT2D eigenvalue weighted by atomic mass is 10.0. The average molecular weight is 215 g/mol. The lowest BCUT2D eigenvalue weighted by molar-refractivity contribution is -0.143. The van der Waals surface area contributed by atoms with Gasteiger partial charge in [0, 0.05) is 19.6 Å². The Bertz CT molecular complexity index is 269. The molecule has 1 unspecified atom stereocenters. The summed E-state index contributed by atoms with van der Waals surface area (Å²) >= 11 is 0. The van der Waals surface area contributed by atoms with Gasteiger partial charge in [0.2, 0.25) is 5.91 Å². The standard InChI is InChI=1S/C9H17N3O3/c1-2-11-7(13)5-12-4-3-9(10,6-12)8(14)15/h2-6,10H2,1H3,(H,11,13)(H,14,15). The van der Waals surface area contributed by atoms with Crippen LogP contribution in [-0.2, 0) is 9.59 Å². The largest absolute Gasteiger partial charge is 0.480 e. The Hall–Kier alpha value is -1.14. The van der Waals surface area contributed by atoms with Gasteiger partial charge in [-0.05, 0) is 13.3 Å². The fourth-order valence-electron chi connectivity index (χ4n) is 1.68. The minimum atomic E-state index is -1.19. The molecule has 1 amide bonds. The van der Waals surface area contributed by atoms with Crippen molar-refractivity contribution in [3.05, 3.63) is 0 Å². The summed E-state index contributed by atoms with van der Waals surface area (Å²) in [5.74, 6) is -1.09. The normalized spacial score (nSPS) is 26.5. The molecule has 1 rings (SSSR count). The SMILES string of the molecule is CCNC(=O)CN1CCC(N)(C(=O)O)C1. The molecule has 6 nitrogen and oxygen atoms in total. The van der Waals surface area contributed by atoms with E-state index in [-0.39, 0.29) is 19.0 Å². The lowest BCUT2D eigenvalue weighted by Crippen LogP contribution is -2.50. The number of nitrogens with one attached hydrogen (secondary N) is 1. The maximum atomic E-state index is 11.2. The van der Waals surface area contributed by atoms with Gasteiger partial charge in [0.15, 0.2) is 0 Å². The smallest absolute Gasteiger partial charge is 0.325 e. The summed E-state index contributed by atoms with van der Waals surface area (Å²) in [5.41, 5.74) is 4.48. The van der Waals surface area contributed by atoms with Crippen molar-refractivity contribution in [3.8, 4) is 0 Å². The van der Waals surface area contributed by atoms with Crippen LogP contribution in [-0.4, -0.2) is 53.6 Å². The first-order valence-electron chi connectivity index (χ1n) is 4.99. The van der Waals surface area contributed by atoms with E-state index in [1.165, 1.54) is 0 Å². The van der Waals surface area contributed by atoms with Crippen LogP contribution in [0.5, 0.6) is 0 Å². The molecule has 0 radical (unpaired) electrons. The molecule has 1 heterocycles. The van der Waals surface area contributed by atoms with E-state index in [4.69, 9.17) is 10.8 Å². The van der Waals surface area contributed by atoms with Crippen molar-refractivity contribution < 1.29 is 14.7 Å². The first kappa shape index (κ1) is 11.9. The molecule has 1 aliphatic rings. The van der Waals surface area contributed by atoms with E-state index >= 15 is 0 Å². The van der Waals surface area contributed by atoms with Gasteiger partial charge in [-0.25, -0.2) is 0 Å². The molecule has 15 heavy (non-hydrogen) atoms. The Labute approximate surface area is 88.4 Å². The monoisotopic (exact) mass is 215 g/mol. The quantitative estimate of drug-likeness (QED) is 0.536. The maximum Gasteiger partial charge on any atom is 0.325 e. The number of rotatable bonds is 4. The van der Waals surface area contributed by atoms with Crippen molar-refractivity contribution >= 4 is 11.9 Å². The Kier molecular flexibility index (Phi) is 3.65. The predicted molar refractivity (Wildman–Crippen MR) is 54.3 cm³/mol. The van der Waals surface area contributed by atoms with Crippen molar-refractivity contribution in [1.82, 2.24) is 10.2 Å². The molecule has 0 saturated carbocycles. The van der Waals surface area contributed by atoms with Crippen molar-refractivity contribution in [2.45, 2.75) is 18.9 Å². The third-order valence-corrected chi connectivity index (χ3v) is 2.55. The van der Waals surface area contributed by atoms with Gasteiger partial charge < -0.3 is 16.2 Å². The van der Waals surface area contributed by atoms with Crippen LogP contribution >= 0.6 is 0 Å². The van der Waals surface area contributed by atoms with Gasteiger partial charge in [-0.1, -0.05) is 0 Å². The molecule has 0 bridgehead atoms. The highest BCUT2D eigenvalue weighted by atomic mass is 16.4. The molecule has 6 heteroatoms. The van der Waals surface area contributed by atoms with E-state index in [9.17, 15) is 9.59 Å². The number of hydrogen-bond donors (Lipinski definition) is 3. The molecule has 1 aliphatic heterocycles. The first-order chi connectivity index (χ1) is 6.98. The Morgan fingerprint density at radius 2 is 2.27 bits per heavy atom. The van der Waals surface area contributed by atoms with Gasteiger partial charge >= 0.3 is 5.97 Å². The van der Waals surface area contributed by atoms with Crippen LogP contribution in [0.2, 0.25) is 0 Å². The number of carboxylic acid groups (broad SMARTS) is 1. The average Bonchev–Trinajstić information content (AvgIpc) is 2.49. The number of aliphatic carboxylic acids is 1. The molecule has 0 spiro atoms. The zero-order valence-electron chi connectivity index (χ0n) is 8.82. The van der Waals surface area contributed by atoms with Gasteiger partial charge in [0.1, 0.15) is 5.54 Å². The van der Waals surface area contributed by atoms with Crippen LogP contribution in [0, 0.1) is 0 Å². The van der Waals surface area contributed by atoms with E-state index in [0.29, 0.717) is 19.5 Å². The minimum Gasteiger partial charge on any atom is -0.480 e. The van der Waals surface area contributed by atoms with Crippen molar-refractivity contribution in [3.63, 3.8) is 0 Å². The van der Waals surface area contributed by atoms with E-state index < -0.39 is 11.5 Å². The Morgan fingerprint density at radius 3 is 2.73 bits per heavy atom. The highest BCUT2D eigenvalue weighted by Crippen LogP contribution is 2.18. The molecule has 0 aromatic rings. The molecular weight excluding hydrogens is 198 g/mol. The fraction of sp³-hybridized carbons (Fsp3) is 0.778. The third-order valence-electron chi connectivity index (χ3n) is 2.55. The zero-order valence-corrected chi connectivity index (χ0v) is 8.82. The number of carbonyl (C=O) groups excluding carboxylic acids is 1. The van der Waals surface area contributed by atoms with E-state index in [0.717, 1.165) is 0 Å². The number of likely N-dealkylation sites (tertiary alicyclic amines) is 1. The topological polar surface area (TPSA) is 95.7 Å². The number of nitrogens with two attached hydrogens (primary N) is 1. The Balaban J connectivity index is 2.43. The highest BCUT2D eigenvalue weighted by molar-refractivity contribution is 5.80. The molecule has 1 atom stereocenters. The zero-order chi connectivity index (χ0) is 11.5. The van der Waals surface area contributed by atoms with E-state index in [2.05, 4.69) is 5.32 Å². The molecule has 1 saturated heterocycles. The maximum absolute atomic E-state index is 11.2. The minimum absolute atomic E-state index is 0.0906. The van der Waals surface area contributed by atoms with Crippen molar-refractivity contribution in [2.24, 2.45) is 5.73 Å². The second kappa shape index (κ2) is 4.59. The number of likely N-dealkylation sites (N-methyl/N-ethyl adjacent to an activating group) is 1. The van der Waals surface area contributed by atoms with Gasteiger partial charge in [-0.2, -0.15) is 0 Å². The summed E-state index contributed by atoms with van der Waals surface area (Å²) in [6, 6.07) is 0. The van der Waals surface area contributed by atoms with Crippen molar-refractivity contribution in [2.75, 3.05) is 26.2 Å². The van der Waals surface area contributed by atoms with Gasteiger partial charge in [0.05, 0.1) is 6.54 Å².